The van der Waals surface area contributed by atoms with E-state index in [9.17, 15) is 25.2 Å². The van der Waals surface area contributed by atoms with Gasteiger partial charge in [0, 0.05) is 0 Å². The molecule has 0 bridgehead atoms. The normalized spacial score (nSPS) is 14.2. The molecular weight excluding hydrogens is 598 g/mol. The molecular formula is C42H85NO5. The lowest BCUT2D eigenvalue weighted by Gasteiger charge is -2.27. The fourth-order valence-electron chi connectivity index (χ4n) is 6.88. The predicted octanol–water partition coefficient (Wildman–Crippen LogP) is 10.8. The second kappa shape index (κ2) is 37.6. The first-order chi connectivity index (χ1) is 23.5. The molecule has 6 heteroatoms. The Labute approximate surface area is 299 Å². The maximum Gasteiger partial charge on any atom is 0.249 e. The van der Waals surface area contributed by atoms with Crippen LogP contribution in [0.5, 0.6) is 0 Å². The van der Waals surface area contributed by atoms with Crippen LogP contribution in [0, 0.1) is 0 Å². The molecule has 288 valence electrons. The van der Waals surface area contributed by atoms with Crippen molar-refractivity contribution in [3.05, 3.63) is 0 Å². The average molecular weight is 684 g/mol. The summed E-state index contributed by atoms with van der Waals surface area (Å²) in [4.78, 5) is 12.5. The van der Waals surface area contributed by atoms with Gasteiger partial charge in [0.2, 0.25) is 5.91 Å². The minimum Gasteiger partial charge on any atom is -0.394 e. The van der Waals surface area contributed by atoms with E-state index in [1.807, 2.05) is 0 Å². The molecule has 0 aliphatic rings. The summed E-state index contributed by atoms with van der Waals surface area (Å²) in [5, 5.41) is 43.6. The van der Waals surface area contributed by atoms with Crippen LogP contribution in [0.2, 0.25) is 0 Å². The van der Waals surface area contributed by atoms with Crippen molar-refractivity contribution in [2.24, 2.45) is 0 Å². The molecule has 0 aromatic carbocycles. The van der Waals surface area contributed by atoms with Gasteiger partial charge in [-0.3, -0.25) is 4.79 Å². The number of aliphatic hydroxyl groups excluding tert-OH is 4. The second-order valence-corrected chi connectivity index (χ2v) is 15.1. The summed E-state index contributed by atoms with van der Waals surface area (Å²) >= 11 is 0. The Kier molecular flexibility index (Phi) is 37.0. The van der Waals surface area contributed by atoms with Crippen molar-refractivity contribution in [3.63, 3.8) is 0 Å². The third kappa shape index (κ3) is 31.3. The Morgan fingerprint density at radius 3 is 1.00 bits per heavy atom. The van der Waals surface area contributed by atoms with E-state index >= 15 is 0 Å². The quantitative estimate of drug-likeness (QED) is 0.0414. The highest BCUT2D eigenvalue weighted by molar-refractivity contribution is 5.80. The fourth-order valence-corrected chi connectivity index (χ4v) is 6.88. The highest BCUT2D eigenvalue weighted by Gasteiger charge is 2.28. The first-order valence-corrected chi connectivity index (χ1v) is 21.4. The standard InChI is InChI=1S/C42H85NO5/c1-3-5-7-9-11-13-15-17-18-19-20-21-22-23-24-26-28-30-32-34-36-40(46)42(48)43-38(37-44)41(47)39(45)35-33-31-29-27-25-16-14-12-10-8-6-4-2/h38-41,44-47H,3-37H2,1-2H3,(H,43,48)/t38-,39+,40-,41-/m1/s1. The predicted molar refractivity (Wildman–Crippen MR) is 205 cm³/mol. The minimum atomic E-state index is -1.25. The van der Waals surface area contributed by atoms with Crippen LogP contribution in [0.4, 0.5) is 0 Å². The van der Waals surface area contributed by atoms with Crippen LogP contribution in [0.1, 0.15) is 232 Å². The largest absolute Gasteiger partial charge is 0.394 e. The summed E-state index contributed by atoms with van der Waals surface area (Å²) in [7, 11) is 0. The van der Waals surface area contributed by atoms with E-state index < -0.39 is 36.9 Å². The van der Waals surface area contributed by atoms with Crippen LogP contribution in [-0.4, -0.2) is 57.3 Å². The third-order valence-electron chi connectivity index (χ3n) is 10.3. The number of carbonyl (C=O) groups excluding carboxylic acids is 1. The number of amides is 1. The lowest BCUT2D eigenvalue weighted by Crippen LogP contribution is -2.53. The monoisotopic (exact) mass is 684 g/mol. The molecule has 0 heterocycles. The highest BCUT2D eigenvalue weighted by Crippen LogP contribution is 2.17. The van der Waals surface area contributed by atoms with E-state index in [1.165, 1.54) is 167 Å². The number of nitrogens with one attached hydrogen (secondary N) is 1. The van der Waals surface area contributed by atoms with Gasteiger partial charge in [0.1, 0.15) is 12.2 Å². The Morgan fingerprint density at radius 1 is 0.438 bits per heavy atom. The topological polar surface area (TPSA) is 110 Å². The van der Waals surface area contributed by atoms with Crippen molar-refractivity contribution in [1.29, 1.82) is 0 Å². The molecule has 4 atom stereocenters. The smallest absolute Gasteiger partial charge is 0.249 e. The van der Waals surface area contributed by atoms with E-state index in [2.05, 4.69) is 19.2 Å². The number of hydrogen-bond donors (Lipinski definition) is 5. The Morgan fingerprint density at radius 2 is 0.708 bits per heavy atom. The first kappa shape index (κ1) is 47.3. The van der Waals surface area contributed by atoms with Gasteiger partial charge in [-0.15, -0.1) is 0 Å². The molecule has 0 fully saturated rings. The van der Waals surface area contributed by atoms with Gasteiger partial charge in [0.15, 0.2) is 0 Å². The van der Waals surface area contributed by atoms with Crippen molar-refractivity contribution in [1.82, 2.24) is 5.32 Å². The Hall–Kier alpha value is -0.690. The summed E-state index contributed by atoms with van der Waals surface area (Å²) in [6.07, 6.45) is 38.4. The fraction of sp³-hybridized carbons (Fsp3) is 0.976. The summed E-state index contributed by atoms with van der Waals surface area (Å²) in [5.41, 5.74) is 0. The van der Waals surface area contributed by atoms with Crippen LogP contribution < -0.4 is 5.32 Å². The van der Waals surface area contributed by atoms with E-state index in [4.69, 9.17) is 0 Å². The van der Waals surface area contributed by atoms with E-state index in [0.29, 0.717) is 12.8 Å². The first-order valence-electron chi connectivity index (χ1n) is 21.4. The molecule has 1 amide bonds. The van der Waals surface area contributed by atoms with Gasteiger partial charge in [-0.1, -0.05) is 219 Å². The van der Waals surface area contributed by atoms with Gasteiger partial charge < -0.3 is 25.7 Å². The molecule has 0 aromatic rings. The number of carbonyl (C=O) groups is 1. The third-order valence-corrected chi connectivity index (χ3v) is 10.3. The maximum absolute atomic E-state index is 12.5. The average Bonchev–Trinajstić information content (AvgIpc) is 3.09. The number of aliphatic hydroxyl groups is 4. The molecule has 0 aliphatic heterocycles. The zero-order valence-corrected chi connectivity index (χ0v) is 32.3. The van der Waals surface area contributed by atoms with Crippen molar-refractivity contribution in [2.75, 3.05) is 6.61 Å². The lowest BCUT2D eigenvalue weighted by atomic mass is 9.99. The van der Waals surface area contributed by atoms with Gasteiger partial charge in [0.25, 0.3) is 0 Å². The minimum absolute atomic E-state index is 0.375. The second-order valence-electron chi connectivity index (χ2n) is 15.1. The van der Waals surface area contributed by atoms with Gasteiger partial charge in [-0.2, -0.15) is 0 Å². The molecule has 5 N–H and O–H groups in total. The van der Waals surface area contributed by atoms with Crippen molar-refractivity contribution >= 4 is 5.91 Å². The van der Waals surface area contributed by atoms with Crippen molar-refractivity contribution in [3.8, 4) is 0 Å². The molecule has 0 spiro atoms. The van der Waals surface area contributed by atoms with Gasteiger partial charge in [-0.25, -0.2) is 0 Å². The molecule has 0 radical (unpaired) electrons. The molecule has 6 nitrogen and oxygen atoms in total. The molecule has 0 rings (SSSR count). The van der Waals surface area contributed by atoms with Crippen molar-refractivity contribution in [2.45, 2.75) is 257 Å². The Bertz CT molecular complexity index is 648. The highest BCUT2D eigenvalue weighted by atomic mass is 16.3. The van der Waals surface area contributed by atoms with Crippen LogP contribution in [0.3, 0.4) is 0 Å². The molecule has 0 saturated heterocycles. The van der Waals surface area contributed by atoms with Crippen LogP contribution in [-0.2, 0) is 4.79 Å². The number of unbranched alkanes of at least 4 members (excludes halogenated alkanes) is 30. The van der Waals surface area contributed by atoms with E-state index in [-0.39, 0.29) is 0 Å². The molecule has 0 aromatic heterocycles. The van der Waals surface area contributed by atoms with Gasteiger partial charge in [0.05, 0.1) is 18.8 Å². The van der Waals surface area contributed by atoms with Crippen molar-refractivity contribution < 1.29 is 25.2 Å². The summed E-state index contributed by atoms with van der Waals surface area (Å²) < 4.78 is 0. The molecule has 0 unspecified atom stereocenters. The maximum atomic E-state index is 12.5. The molecule has 0 saturated carbocycles. The summed E-state index contributed by atoms with van der Waals surface area (Å²) in [6.45, 7) is 4.05. The summed E-state index contributed by atoms with van der Waals surface area (Å²) in [6, 6.07) is -0.977. The summed E-state index contributed by atoms with van der Waals surface area (Å²) in [5.74, 6) is -0.580. The Balaban J connectivity index is 3.68. The zero-order chi connectivity index (χ0) is 35.3. The SMILES string of the molecule is CCCCCCCCCCCCCCCCCCCCCC[C@@H](O)C(=O)N[C@H](CO)[C@@H](O)[C@@H](O)CCCCCCCCCCCCCC. The molecule has 48 heavy (non-hydrogen) atoms. The van der Waals surface area contributed by atoms with E-state index in [1.54, 1.807) is 0 Å². The zero-order valence-electron chi connectivity index (χ0n) is 32.3. The van der Waals surface area contributed by atoms with Crippen LogP contribution in [0.15, 0.2) is 0 Å². The lowest BCUT2D eigenvalue weighted by molar-refractivity contribution is -0.132. The molecule has 0 aliphatic carbocycles. The number of hydrogen-bond acceptors (Lipinski definition) is 5. The van der Waals surface area contributed by atoms with Crippen LogP contribution in [0.25, 0.3) is 0 Å². The van der Waals surface area contributed by atoms with E-state index in [0.717, 1.165) is 38.5 Å². The number of rotatable bonds is 39. The van der Waals surface area contributed by atoms with Gasteiger partial charge >= 0.3 is 0 Å². The van der Waals surface area contributed by atoms with Crippen LogP contribution >= 0.6 is 0 Å². The van der Waals surface area contributed by atoms with Gasteiger partial charge in [-0.05, 0) is 12.8 Å².